The Bertz CT molecular complexity index is 818. The molecule has 0 aliphatic heterocycles. The van der Waals surface area contributed by atoms with E-state index in [-0.39, 0.29) is 5.91 Å². The smallest absolute Gasteiger partial charge is 0.275 e. The Morgan fingerprint density at radius 3 is 3.12 bits per heavy atom. The van der Waals surface area contributed by atoms with Crippen LogP contribution in [-0.2, 0) is 13.0 Å². The van der Waals surface area contributed by atoms with Gasteiger partial charge in [0, 0.05) is 23.6 Å². The Labute approximate surface area is 148 Å². The van der Waals surface area contributed by atoms with Crippen LogP contribution in [0, 0.1) is 0 Å². The van der Waals surface area contributed by atoms with Crippen molar-refractivity contribution in [3.8, 4) is 5.75 Å². The van der Waals surface area contributed by atoms with E-state index in [1.807, 2.05) is 12.1 Å². The maximum atomic E-state index is 12.3. The van der Waals surface area contributed by atoms with E-state index in [0.29, 0.717) is 43.2 Å². The van der Waals surface area contributed by atoms with Gasteiger partial charge in [0.1, 0.15) is 30.7 Å². The molecule has 25 heavy (non-hydrogen) atoms. The Kier molecular flexibility index (Phi) is 5.70. The van der Waals surface area contributed by atoms with E-state index in [9.17, 15) is 4.79 Å². The quantitative estimate of drug-likeness (QED) is 0.633. The summed E-state index contributed by atoms with van der Waals surface area (Å²) in [6.45, 7) is 1.57. The predicted octanol–water partition coefficient (Wildman–Crippen LogP) is 1.57. The average molecular weight is 358 g/mol. The molecule has 0 radical (unpaired) electrons. The van der Waals surface area contributed by atoms with Gasteiger partial charge in [0.25, 0.3) is 5.91 Å². The number of benzene rings is 1. The standard InChI is InChI=1S/C16H18N6O2S/c17-5-4-15-21-14(9-25-15)16(23)20-12-2-1-3-13(8-12)24-7-6-22-11-18-10-19-22/h1-3,8-11H,4-7,17H2,(H,20,23). The van der Waals surface area contributed by atoms with Crippen molar-refractivity contribution >= 4 is 22.9 Å². The first-order valence-corrected chi connectivity index (χ1v) is 8.63. The SMILES string of the molecule is NCCc1nc(C(=O)Nc2cccc(OCCn3cncn3)c2)cs1. The van der Waals surface area contributed by atoms with E-state index in [1.54, 1.807) is 28.5 Å². The van der Waals surface area contributed by atoms with Crippen LogP contribution in [0.5, 0.6) is 5.75 Å². The fraction of sp³-hybridized carbons (Fsp3) is 0.250. The number of carbonyl (C=O) groups excluding carboxylic acids is 1. The summed E-state index contributed by atoms with van der Waals surface area (Å²) in [6, 6.07) is 7.22. The van der Waals surface area contributed by atoms with E-state index >= 15 is 0 Å². The molecule has 130 valence electrons. The fourth-order valence-corrected chi connectivity index (χ4v) is 2.91. The van der Waals surface area contributed by atoms with Crippen LogP contribution >= 0.6 is 11.3 Å². The molecule has 0 atom stereocenters. The van der Waals surface area contributed by atoms with Crippen molar-refractivity contribution < 1.29 is 9.53 Å². The van der Waals surface area contributed by atoms with E-state index < -0.39 is 0 Å². The Morgan fingerprint density at radius 1 is 1.40 bits per heavy atom. The molecule has 1 aromatic carbocycles. The lowest BCUT2D eigenvalue weighted by atomic mass is 10.3. The third-order valence-corrected chi connectivity index (χ3v) is 4.20. The van der Waals surface area contributed by atoms with Crippen molar-refractivity contribution in [2.45, 2.75) is 13.0 Å². The summed E-state index contributed by atoms with van der Waals surface area (Å²) < 4.78 is 7.36. The number of anilines is 1. The lowest BCUT2D eigenvalue weighted by Gasteiger charge is -2.08. The van der Waals surface area contributed by atoms with Crippen molar-refractivity contribution in [3.05, 3.63) is 53.0 Å². The van der Waals surface area contributed by atoms with Gasteiger partial charge >= 0.3 is 0 Å². The van der Waals surface area contributed by atoms with Crippen LogP contribution in [0.25, 0.3) is 0 Å². The molecule has 3 aromatic rings. The average Bonchev–Trinajstić information content (AvgIpc) is 3.27. The normalized spacial score (nSPS) is 10.6. The van der Waals surface area contributed by atoms with Gasteiger partial charge in [0.05, 0.1) is 11.6 Å². The second-order valence-electron chi connectivity index (χ2n) is 5.15. The summed E-state index contributed by atoms with van der Waals surface area (Å²) in [6.07, 6.45) is 3.79. The molecule has 3 rings (SSSR count). The molecule has 0 aliphatic rings. The number of carbonyl (C=O) groups is 1. The minimum atomic E-state index is -0.251. The summed E-state index contributed by atoms with van der Waals surface area (Å²) >= 11 is 1.44. The zero-order valence-corrected chi connectivity index (χ0v) is 14.3. The van der Waals surface area contributed by atoms with E-state index in [0.717, 1.165) is 5.01 Å². The van der Waals surface area contributed by atoms with Gasteiger partial charge < -0.3 is 15.8 Å². The number of aromatic nitrogens is 4. The van der Waals surface area contributed by atoms with Crippen LogP contribution in [0.3, 0.4) is 0 Å². The second kappa shape index (κ2) is 8.36. The molecule has 0 aliphatic carbocycles. The second-order valence-corrected chi connectivity index (χ2v) is 6.10. The van der Waals surface area contributed by atoms with Gasteiger partial charge in [-0.05, 0) is 18.7 Å². The largest absolute Gasteiger partial charge is 0.492 e. The van der Waals surface area contributed by atoms with E-state index in [4.69, 9.17) is 10.5 Å². The first-order chi connectivity index (χ1) is 12.2. The molecule has 0 saturated heterocycles. The highest BCUT2D eigenvalue weighted by atomic mass is 32.1. The number of nitrogens with one attached hydrogen (secondary N) is 1. The van der Waals surface area contributed by atoms with Gasteiger partial charge in [-0.1, -0.05) is 6.07 Å². The zero-order chi connectivity index (χ0) is 17.5. The highest BCUT2D eigenvalue weighted by Crippen LogP contribution is 2.19. The molecule has 1 amide bonds. The maximum absolute atomic E-state index is 12.3. The van der Waals surface area contributed by atoms with Crippen molar-refractivity contribution in [2.75, 3.05) is 18.5 Å². The number of amides is 1. The Balaban J connectivity index is 1.55. The van der Waals surface area contributed by atoms with Gasteiger partial charge in [-0.3, -0.25) is 4.79 Å². The minimum absolute atomic E-state index is 0.251. The van der Waals surface area contributed by atoms with Crippen LogP contribution in [-0.4, -0.2) is 38.8 Å². The highest BCUT2D eigenvalue weighted by Gasteiger charge is 2.11. The topological polar surface area (TPSA) is 108 Å². The summed E-state index contributed by atoms with van der Waals surface area (Å²) in [5.74, 6) is 0.416. The lowest BCUT2D eigenvalue weighted by Crippen LogP contribution is -2.13. The van der Waals surface area contributed by atoms with Crippen LogP contribution in [0.15, 0.2) is 42.3 Å². The molecule has 0 fully saturated rings. The van der Waals surface area contributed by atoms with Gasteiger partial charge in [-0.25, -0.2) is 14.6 Å². The molecule has 2 aromatic heterocycles. The summed E-state index contributed by atoms with van der Waals surface area (Å²) in [7, 11) is 0. The number of nitrogens with two attached hydrogens (primary N) is 1. The minimum Gasteiger partial charge on any atom is -0.492 e. The first-order valence-electron chi connectivity index (χ1n) is 7.75. The van der Waals surface area contributed by atoms with Crippen LogP contribution in [0.2, 0.25) is 0 Å². The van der Waals surface area contributed by atoms with Crippen molar-refractivity contribution in [3.63, 3.8) is 0 Å². The molecule has 3 N–H and O–H groups in total. The number of rotatable bonds is 8. The third-order valence-electron chi connectivity index (χ3n) is 3.29. The predicted molar refractivity (Wildman–Crippen MR) is 94.8 cm³/mol. The van der Waals surface area contributed by atoms with Crippen molar-refractivity contribution in [1.82, 2.24) is 19.7 Å². The molecule has 2 heterocycles. The van der Waals surface area contributed by atoms with E-state index in [1.165, 1.54) is 17.7 Å². The Hall–Kier alpha value is -2.78. The number of hydrogen-bond donors (Lipinski definition) is 2. The Morgan fingerprint density at radius 2 is 2.32 bits per heavy atom. The molecule has 9 heteroatoms. The summed E-state index contributed by atoms with van der Waals surface area (Å²) in [5, 5.41) is 9.43. The monoisotopic (exact) mass is 358 g/mol. The number of nitrogens with zero attached hydrogens (tertiary/aromatic N) is 4. The van der Waals surface area contributed by atoms with Crippen LogP contribution in [0.1, 0.15) is 15.5 Å². The molecule has 8 nitrogen and oxygen atoms in total. The molecule has 0 unspecified atom stereocenters. The molecule has 0 bridgehead atoms. The van der Waals surface area contributed by atoms with Crippen LogP contribution in [0.4, 0.5) is 5.69 Å². The highest BCUT2D eigenvalue weighted by molar-refractivity contribution is 7.09. The summed E-state index contributed by atoms with van der Waals surface area (Å²) in [5.41, 5.74) is 6.54. The van der Waals surface area contributed by atoms with Gasteiger partial charge in [0.15, 0.2) is 0 Å². The molecule has 0 saturated carbocycles. The number of hydrogen-bond acceptors (Lipinski definition) is 7. The van der Waals surface area contributed by atoms with Crippen molar-refractivity contribution in [2.24, 2.45) is 5.73 Å². The fourth-order valence-electron chi connectivity index (χ4n) is 2.12. The van der Waals surface area contributed by atoms with Gasteiger partial charge in [0.2, 0.25) is 0 Å². The maximum Gasteiger partial charge on any atom is 0.275 e. The molecular weight excluding hydrogens is 340 g/mol. The first kappa shape index (κ1) is 17.1. The third kappa shape index (κ3) is 4.85. The lowest BCUT2D eigenvalue weighted by molar-refractivity contribution is 0.102. The van der Waals surface area contributed by atoms with Gasteiger partial charge in [-0.15, -0.1) is 11.3 Å². The zero-order valence-electron chi connectivity index (χ0n) is 13.5. The van der Waals surface area contributed by atoms with Crippen LogP contribution < -0.4 is 15.8 Å². The van der Waals surface area contributed by atoms with E-state index in [2.05, 4.69) is 20.4 Å². The van der Waals surface area contributed by atoms with Crippen molar-refractivity contribution in [1.29, 1.82) is 0 Å². The number of thiazole rings is 1. The molecular formula is C16H18N6O2S. The van der Waals surface area contributed by atoms with Gasteiger partial charge in [-0.2, -0.15) is 5.10 Å². The summed E-state index contributed by atoms with van der Waals surface area (Å²) in [4.78, 5) is 20.4. The molecule has 0 spiro atoms. The number of ether oxygens (including phenoxy) is 1.